The Labute approximate surface area is 197 Å². The molecular formula is C23H26ClN5O2S. The van der Waals surface area contributed by atoms with Gasteiger partial charge in [-0.3, -0.25) is 9.59 Å². The topological polar surface area (TPSA) is 88.9 Å². The van der Waals surface area contributed by atoms with Gasteiger partial charge in [0.2, 0.25) is 5.91 Å². The van der Waals surface area contributed by atoms with Gasteiger partial charge < -0.3 is 15.2 Å². The Morgan fingerprint density at radius 1 is 1.09 bits per heavy atom. The number of amides is 2. The lowest BCUT2D eigenvalue weighted by Gasteiger charge is -2.15. The molecule has 0 saturated carbocycles. The largest absolute Gasteiger partial charge is 0.342 e. The van der Waals surface area contributed by atoms with Gasteiger partial charge in [-0.1, -0.05) is 53.7 Å². The first-order valence-electron chi connectivity index (χ1n) is 10.3. The van der Waals surface area contributed by atoms with E-state index in [0.29, 0.717) is 28.1 Å². The molecule has 2 amide bonds. The molecule has 0 unspecified atom stereocenters. The Balaban J connectivity index is 1.66. The summed E-state index contributed by atoms with van der Waals surface area (Å²) < 4.78 is 1.90. The van der Waals surface area contributed by atoms with Crippen LogP contribution in [0.15, 0.2) is 47.6 Å². The molecule has 0 bridgehead atoms. The molecule has 7 nitrogen and oxygen atoms in total. The van der Waals surface area contributed by atoms with Gasteiger partial charge in [-0.2, -0.15) is 0 Å². The summed E-state index contributed by atoms with van der Waals surface area (Å²) in [5, 5.41) is 15.4. The van der Waals surface area contributed by atoms with Crippen molar-refractivity contribution in [3.8, 4) is 0 Å². The molecule has 3 aromatic rings. The smallest absolute Gasteiger partial charge is 0.253 e. The summed E-state index contributed by atoms with van der Waals surface area (Å²) in [5.41, 5.74) is 3.28. The molecule has 9 heteroatoms. The van der Waals surface area contributed by atoms with Crippen molar-refractivity contribution in [2.75, 3.05) is 11.1 Å². The first-order valence-corrected chi connectivity index (χ1v) is 11.7. The highest BCUT2D eigenvalue weighted by molar-refractivity contribution is 7.99. The number of thioether (sulfide) groups is 1. The van der Waals surface area contributed by atoms with Gasteiger partial charge in [-0.25, -0.2) is 0 Å². The highest BCUT2D eigenvalue weighted by Crippen LogP contribution is 2.23. The lowest BCUT2D eigenvalue weighted by molar-refractivity contribution is -0.113. The van der Waals surface area contributed by atoms with Crippen LogP contribution in [0.25, 0.3) is 0 Å². The van der Waals surface area contributed by atoms with E-state index in [4.69, 9.17) is 11.6 Å². The van der Waals surface area contributed by atoms with Crippen LogP contribution in [0, 0.1) is 13.8 Å². The number of halogens is 1. The SMILES string of the molecule is CCn1c(SCC(=O)Nc2c(C)cccc2C)nnc1[C@@H](C)NC(=O)c1ccccc1Cl. The van der Waals surface area contributed by atoms with E-state index < -0.39 is 0 Å². The van der Waals surface area contributed by atoms with Crippen LogP contribution >= 0.6 is 23.4 Å². The van der Waals surface area contributed by atoms with E-state index in [1.165, 1.54) is 11.8 Å². The van der Waals surface area contributed by atoms with Gasteiger partial charge in [0.1, 0.15) is 0 Å². The summed E-state index contributed by atoms with van der Waals surface area (Å²) in [7, 11) is 0. The average Bonchev–Trinajstić information content (AvgIpc) is 3.18. The van der Waals surface area contributed by atoms with Gasteiger partial charge in [-0.15, -0.1) is 10.2 Å². The number of hydrogen-bond acceptors (Lipinski definition) is 5. The third kappa shape index (κ3) is 5.49. The van der Waals surface area contributed by atoms with E-state index in [9.17, 15) is 9.59 Å². The Bertz CT molecular complexity index is 1110. The number of aryl methyl sites for hydroxylation is 2. The van der Waals surface area contributed by atoms with Crippen LogP contribution in [0.4, 0.5) is 5.69 Å². The molecule has 3 rings (SSSR count). The summed E-state index contributed by atoms with van der Waals surface area (Å²) in [5.74, 6) is 0.424. The van der Waals surface area contributed by atoms with Crippen LogP contribution < -0.4 is 10.6 Å². The molecule has 0 fully saturated rings. The van der Waals surface area contributed by atoms with Gasteiger partial charge in [0, 0.05) is 12.2 Å². The number of anilines is 1. The normalized spacial score (nSPS) is 11.8. The van der Waals surface area contributed by atoms with Crippen molar-refractivity contribution in [2.24, 2.45) is 0 Å². The summed E-state index contributed by atoms with van der Waals surface area (Å²) in [4.78, 5) is 25.1. The Morgan fingerprint density at radius 2 is 1.78 bits per heavy atom. The van der Waals surface area contributed by atoms with Crippen LogP contribution in [0.1, 0.15) is 47.2 Å². The maximum absolute atomic E-state index is 12.6. The van der Waals surface area contributed by atoms with Crippen LogP contribution in [-0.2, 0) is 11.3 Å². The van der Waals surface area contributed by atoms with Gasteiger partial charge >= 0.3 is 0 Å². The maximum atomic E-state index is 12.6. The zero-order valence-corrected chi connectivity index (χ0v) is 20.0. The summed E-state index contributed by atoms with van der Waals surface area (Å²) in [6.45, 7) is 8.35. The molecule has 2 N–H and O–H groups in total. The van der Waals surface area contributed by atoms with Crippen molar-refractivity contribution in [1.82, 2.24) is 20.1 Å². The number of benzene rings is 2. The Morgan fingerprint density at radius 3 is 2.44 bits per heavy atom. The second-order valence-electron chi connectivity index (χ2n) is 7.36. The molecule has 2 aromatic carbocycles. The quantitative estimate of drug-likeness (QED) is 0.461. The van der Waals surface area contributed by atoms with Crippen LogP contribution in [0.2, 0.25) is 5.02 Å². The molecule has 0 saturated heterocycles. The van der Waals surface area contributed by atoms with Crippen molar-refractivity contribution < 1.29 is 9.59 Å². The number of aromatic nitrogens is 3. The Hall–Kier alpha value is -2.84. The number of para-hydroxylation sites is 1. The van der Waals surface area contributed by atoms with Crippen molar-refractivity contribution in [3.63, 3.8) is 0 Å². The third-order valence-corrected chi connectivity index (χ3v) is 6.29. The zero-order chi connectivity index (χ0) is 23.3. The lowest BCUT2D eigenvalue weighted by Crippen LogP contribution is -2.29. The first kappa shape index (κ1) is 23.8. The molecule has 1 aromatic heterocycles. The first-order chi connectivity index (χ1) is 15.3. The molecule has 0 spiro atoms. The van der Waals surface area contributed by atoms with Gasteiger partial charge in [0.15, 0.2) is 11.0 Å². The van der Waals surface area contributed by atoms with Crippen LogP contribution in [-0.4, -0.2) is 32.3 Å². The highest BCUT2D eigenvalue weighted by atomic mass is 35.5. The number of rotatable bonds is 8. The van der Waals surface area contributed by atoms with Crippen molar-refractivity contribution >= 4 is 40.9 Å². The average molecular weight is 472 g/mol. The molecule has 1 atom stereocenters. The number of nitrogens with zero attached hydrogens (tertiary/aromatic N) is 3. The van der Waals surface area contributed by atoms with Gasteiger partial charge in [0.05, 0.1) is 22.4 Å². The van der Waals surface area contributed by atoms with E-state index in [2.05, 4.69) is 20.8 Å². The van der Waals surface area contributed by atoms with Crippen molar-refractivity contribution in [1.29, 1.82) is 0 Å². The lowest BCUT2D eigenvalue weighted by atomic mass is 10.1. The third-order valence-electron chi connectivity index (χ3n) is 4.99. The number of carbonyl (C=O) groups is 2. The standard InChI is InChI=1S/C23H26ClN5O2S/c1-5-29-21(16(4)25-22(31)17-11-6-7-12-18(17)24)27-28-23(29)32-13-19(30)26-20-14(2)9-8-10-15(20)3/h6-12,16H,5,13H2,1-4H3,(H,25,31)(H,26,30)/t16-/m1/s1. The molecular weight excluding hydrogens is 446 g/mol. The molecule has 168 valence electrons. The fraction of sp³-hybridized carbons (Fsp3) is 0.304. The van der Waals surface area contributed by atoms with Gasteiger partial charge in [-0.05, 0) is 51.0 Å². The predicted molar refractivity (Wildman–Crippen MR) is 128 cm³/mol. The minimum atomic E-state index is -0.385. The number of nitrogens with one attached hydrogen (secondary N) is 2. The maximum Gasteiger partial charge on any atom is 0.253 e. The predicted octanol–water partition coefficient (Wildman–Crippen LogP) is 4.79. The van der Waals surface area contributed by atoms with E-state index in [-0.39, 0.29) is 23.6 Å². The van der Waals surface area contributed by atoms with Crippen LogP contribution in [0.5, 0.6) is 0 Å². The van der Waals surface area contributed by atoms with Gasteiger partial charge in [0.25, 0.3) is 5.91 Å². The molecule has 0 radical (unpaired) electrons. The van der Waals surface area contributed by atoms with E-state index in [1.54, 1.807) is 24.3 Å². The number of hydrogen-bond donors (Lipinski definition) is 2. The molecule has 0 aliphatic heterocycles. The van der Waals surface area contributed by atoms with Crippen molar-refractivity contribution in [2.45, 2.75) is 45.4 Å². The fourth-order valence-electron chi connectivity index (χ4n) is 3.33. The van der Waals surface area contributed by atoms with Crippen LogP contribution in [0.3, 0.4) is 0 Å². The summed E-state index contributed by atoms with van der Waals surface area (Å²) in [6.07, 6.45) is 0. The number of carbonyl (C=O) groups excluding carboxylic acids is 2. The Kier molecular flexibility index (Phi) is 7.93. The minimum absolute atomic E-state index is 0.111. The van der Waals surface area contributed by atoms with E-state index >= 15 is 0 Å². The second kappa shape index (κ2) is 10.7. The summed E-state index contributed by atoms with van der Waals surface area (Å²) in [6, 6.07) is 12.4. The van der Waals surface area contributed by atoms with E-state index in [0.717, 1.165) is 16.8 Å². The summed E-state index contributed by atoms with van der Waals surface area (Å²) >= 11 is 7.43. The zero-order valence-electron chi connectivity index (χ0n) is 18.5. The van der Waals surface area contributed by atoms with Crippen molar-refractivity contribution in [3.05, 3.63) is 70.0 Å². The minimum Gasteiger partial charge on any atom is -0.342 e. The monoisotopic (exact) mass is 471 g/mol. The highest BCUT2D eigenvalue weighted by Gasteiger charge is 2.21. The fourth-order valence-corrected chi connectivity index (χ4v) is 4.36. The van der Waals surface area contributed by atoms with E-state index in [1.807, 2.05) is 50.5 Å². The molecule has 1 heterocycles. The molecule has 0 aliphatic carbocycles. The molecule has 0 aliphatic rings. The second-order valence-corrected chi connectivity index (χ2v) is 8.71. The molecule has 32 heavy (non-hydrogen) atoms.